The molecule has 6 nitrogen and oxygen atoms in total. The number of aromatic nitrogens is 3. The Balaban J connectivity index is 1.74. The predicted molar refractivity (Wildman–Crippen MR) is 116 cm³/mol. The minimum Gasteiger partial charge on any atom is -0.372 e. The quantitative estimate of drug-likeness (QED) is 0.594. The summed E-state index contributed by atoms with van der Waals surface area (Å²) in [4.78, 5) is 15.7. The van der Waals surface area contributed by atoms with Crippen LogP contribution in [-0.4, -0.2) is 28.0 Å². The van der Waals surface area contributed by atoms with Crippen LogP contribution < -0.4 is 15.5 Å². The van der Waals surface area contributed by atoms with Crippen molar-refractivity contribution < 1.29 is 0 Å². The van der Waals surface area contributed by atoms with Crippen molar-refractivity contribution in [1.29, 1.82) is 0 Å². The molecular formula is C22H28N6. The fraction of sp³-hybridized carbons (Fsp3) is 0.318. The van der Waals surface area contributed by atoms with Gasteiger partial charge in [-0.05, 0) is 63.6 Å². The number of pyridine rings is 1. The highest BCUT2D eigenvalue weighted by Gasteiger charge is 2.08. The summed E-state index contributed by atoms with van der Waals surface area (Å²) in [7, 11) is 0. The Morgan fingerprint density at radius 3 is 2.46 bits per heavy atom. The monoisotopic (exact) mass is 376 g/mol. The van der Waals surface area contributed by atoms with Crippen molar-refractivity contribution in [3.8, 4) is 0 Å². The van der Waals surface area contributed by atoms with Gasteiger partial charge < -0.3 is 15.5 Å². The smallest absolute Gasteiger partial charge is 0.225 e. The molecule has 0 radical (unpaired) electrons. The first-order chi connectivity index (χ1) is 13.6. The third-order valence-corrected chi connectivity index (χ3v) is 4.61. The molecule has 0 saturated carbocycles. The maximum absolute atomic E-state index is 4.60. The van der Waals surface area contributed by atoms with Crippen LogP contribution in [-0.2, 0) is 6.54 Å². The van der Waals surface area contributed by atoms with Crippen LogP contribution in [0.25, 0.3) is 0 Å². The third-order valence-electron chi connectivity index (χ3n) is 4.61. The molecule has 2 aromatic heterocycles. The molecule has 0 saturated heterocycles. The van der Waals surface area contributed by atoms with Crippen LogP contribution in [0.3, 0.4) is 0 Å². The molecule has 0 aliphatic heterocycles. The Morgan fingerprint density at radius 1 is 0.964 bits per heavy atom. The Hall–Kier alpha value is -3.15. The van der Waals surface area contributed by atoms with Crippen LogP contribution >= 0.6 is 0 Å². The largest absolute Gasteiger partial charge is 0.372 e. The number of aryl methyl sites for hydroxylation is 2. The lowest BCUT2D eigenvalue weighted by Crippen LogP contribution is -2.21. The zero-order valence-corrected chi connectivity index (χ0v) is 17.0. The SMILES string of the molecule is CCN(CC)c1ccc(Nc2cc(C)nc(NCc3ccccn3)n2)c(C)c1. The summed E-state index contributed by atoms with van der Waals surface area (Å²) in [6.45, 7) is 11.0. The number of hydrogen-bond acceptors (Lipinski definition) is 6. The number of benzene rings is 1. The molecule has 0 unspecified atom stereocenters. The number of anilines is 4. The molecule has 0 spiro atoms. The third kappa shape index (κ3) is 4.97. The summed E-state index contributed by atoms with van der Waals surface area (Å²) in [5.74, 6) is 1.36. The minimum atomic E-state index is 0.585. The molecule has 3 aromatic rings. The van der Waals surface area contributed by atoms with Gasteiger partial charge in [0.25, 0.3) is 0 Å². The van der Waals surface area contributed by atoms with Crippen molar-refractivity contribution in [3.63, 3.8) is 0 Å². The molecule has 3 rings (SSSR count). The van der Waals surface area contributed by atoms with Crippen molar-refractivity contribution in [1.82, 2.24) is 15.0 Å². The normalized spacial score (nSPS) is 10.6. The number of nitrogens with one attached hydrogen (secondary N) is 2. The molecule has 2 N–H and O–H groups in total. The van der Waals surface area contributed by atoms with E-state index >= 15 is 0 Å². The van der Waals surface area contributed by atoms with Crippen molar-refractivity contribution in [2.24, 2.45) is 0 Å². The van der Waals surface area contributed by atoms with Crippen molar-refractivity contribution in [2.75, 3.05) is 28.6 Å². The van der Waals surface area contributed by atoms with Gasteiger partial charge in [0.15, 0.2) is 0 Å². The average Bonchev–Trinajstić information content (AvgIpc) is 2.70. The summed E-state index contributed by atoms with van der Waals surface area (Å²) in [5.41, 5.74) is 5.32. The van der Waals surface area contributed by atoms with Gasteiger partial charge in [0.2, 0.25) is 5.95 Å². The maximum atomic E-state index is 4.60. The maximum Gasteiger partial charge on any atom is 0.225 e. The fourth-order valence-electron chi connectivity index (χ4n) is 3.10. The average molecular weight is 377 g/mol. The van der Waals surface area contributed by atoms with Gasteiger partial charge in [-0.15, -0.1) is 0 Å². The number of nitrogens with zero attached hydrogens (tertiary/aromatic N) is 4. The summed E-state index contributed by atoms with van der Waals surface area (Å²) >= 11 is 0. The summed E-state index contributed by atoms with van der Waals surface area (Å²) in [6.07, 6.45) is 1.78. The molecular weight excluding hydrogens is 348 g/mol. The highest BCUT2D eigenvalue weighted by atomic mass is 15.1. The van der Waals surface area contributed by atoms with E-state index in [0.29, 0.717) is 12.5 Å². The van der Waals surface area contributed by atoms with Crippen molar-refractivity contribution in [3.05, 3.63) is 65.6 Å². The lowest BCUT2D eigenvalue weighted by atomic mass is 10.1. The molecule has 0 fully saturated rings. The van der Waals surface area contributed by atoms with Crippen molar-refractivity contribution in [2.45, 2.75) is 34.2 Å². The molecule has 0 amide bonds. The van der Waals surface area contributed by atoms with Gasteiger partial charge in [-0.1, -0.05) is 6.07 Å². The van der Waals surface area contributed by atoms with Gasteiger partial charge in [-0.3, -0.25) is 4.98 Å². The van der Waals surface area contributed by atoms with Gasteiger partial charge in [0.05, 0.1) is 12.2 Å². The topological polar surface area (TPSA) is 66.0 Å². The molecule has 146 valence electrons. The van der Waals surface area contributed by atoms with E-state index in [2.05, 4.69) is 69.5 Å². The zero-order chi connectivity index (χ0) is 19.9. The molecule has 6 heteroatoms. The summed E-state index contributed by atoms with van der Waals surface area (Å²) < 4.78 is 0. The second-order valence-corrected chi connectivity index (χ2v) is 6.69. The van der Waals surface area contributed by atoms with Gasteiger partial charge in [-0.2, -0.15) is 4.98 Å². The lowest BCUT2D eigenvalue weighted by molar-refractivity contribution is 0.866. The first-order valence-corrected chi connectivity index (χ1v) is 9.71. The highest BCUT2D eigenvalue weighted by molar-refractivity contribution is 5.65. The van der Waals surface area contributed by atoms with Gasteiger partial charge in [0, 0.05) is 42.4 Å². The molecule has 1 aromatic carbocycles. The first kappa shape index (κ1) is 19.6. The Labute approximate surface area is 167 Å². The van der Waals surface area contributed by atoms with E-state index in [9.17, 15) is 0 Å². The van der Waals surface area contributed by atoms with E-state index < -0.39 is 0 Å². The molecule has 2 heterocycles. The lowest BCUT2D eigenvalue weighted by Gasteiger charge is -2.22. The van der Waals surface area contributed by atoms with Crippen LogP contribution in [0.5, 0.6) is 0 Å². The summed E-state index contributed by atoms with van der Waals surface area (Å²) in [6, 6.07) is 14.3. The predicted octanol–water partition coefficient (Wildman–Crippen LogP) is 4.69. The fourth-order valence-corrected chi connectivity index (χ4v) is 3.10. The summed E-state index contributed by atoms with van der Waals surface area (Å²) in [5, 5.41) is 6.68. The van der Waals surface area contributed by atoms with E-state index in [1.807, 2.05) is 31.2 Å². The second-order valence-electron chi connectivity index (χ2n) is 6.69. The van der Waals surface area contributed by atoms with Crippen LogP contribution in [0.15, 0.2) is 48.7 Å². The Bertz CT molecular complexity index is 906. The zero-order valence-electron chi connectivity index (χ0n) is 17.0. The standard InChI is InChI=1S/C22H28N6/c1-5-28(6-2)19-10-11-20(16(3)13-19)26-21-14-17(4)25-22(27-21)24-15-18-9-7-8-12-23-18/h7-14H,5-6,15H2,1-4H3,(H2,24,25,26,27). The second kappa shape index (κ2) is 9.17. The molecule has 28 heavy (non-hydrogen) atoms. The van der Waals surface area contributed by atoms with Crippen LogP contribution in [0, 0.1) is 13.8 Å². The highest BCUT2D eigenvalue weighted by Crippen LogP contribution is 2.25. The van der Waals surface area contributed by atoms with E-state index in [1.165, 1.54) is 11.3 Å². The van der Waals surface area contributed by atoms with Gasteiger partial charge in [0.1, 0.15) is 5.82 Å². The molecule has 0 aliphatic carbocycles. The van der Waals surface area contributed by atoms with E-state index in [0.717, 1.165) is 36.0 Å². The Kier molecular flexibility index (Phi) is 6.42. The van der Waals surface area contributed by atoms with Gasteiger partial charge in [-0.25, -0.2) is 4.98 Å². The first-order valence-electron chi connectivity index (χ1n) is 9.71. The molecule has 0 atom stereocenters. The van der Waals surface area contributed by atoms with E-state index in [1.54, 1.807) is 6.20 Å². The molecule has 0 aliphatic rings. The van der Waals surface area contributed by atoms with Gasteiger partial charge >= 0.3 is 0 Å². The number of hydrogen-bond donors (Lipinski definition) is 2. The number of rotatable bonds is 8. The minimum absolute atomic E-state index is 0.585. The van der Waals surface area contributed by atoms with E-state index in [-0.39, 0.29) is 0 Å². The van der Waals surface area contributed by atoms with E-state index in [4.69, 9.17) is 0 Å². The van der Waals surface area contributed by atoms with Crippen LogP contribution in [0.1, 0.15) is 30.8 Å². The van der Waals surface area contributed by atoms with Crippen molar-refractivity contribution >= 4 is 23.1 Å². The Morgan fingerprint density at radius 2 is 1.79 bits per heavy atom. The van der Waals surface area contributed by atoms with Crippen LogP contribution in [0.2, 0.25) is 0 Å². The molecule has 0 bridgehead atoms. The van der Waals surface area contributed by atoms with Crippen LogP contribution in [0.4, 0.5) is 23.1 Å².